The quantitative estimate of drug-likeness (QED) is 0.484. The zero-order valence-corrected chi connectivity index (χ0v) is 12.2. The summed E-state index contributed by atoms with van der Waals surface area (Å²) in [5.74, 6) is 0.707. The van der Waals surface area contributed by atoms with Crippen molar-refractivity contribution in [2.45, 2.75) is 39.2 Å². The van der Waals surface area contributed by atoms with E-state index in [1.165, 1.54) is 18.2 Å². The lowest BCUT2D eigenvalue weighted by Crippen LogP contribution is -2.55. The molecule has 0 N–H and O–H groups in total. The Morgan fingerprint density at radius 1 is 1.38 bits per heavy atom. The second kappa shape index (κ2) is 4.83. The highest BCUT2D eigenvalue weighted by molar-refractivity contribution is 5.90. The van der Waals surface area contributed by atoms with Gasteiger partial charge >= 0.3 is 5.97 Å². The SMILES string of the molecule is CC1(C)[C@H]2CC[C@H](OC(=O)c3cccc([N+](=O)[O-])c3)[C@@H]1C2. The molecule has 5 nitrogen and oxygen atoms in total. The Balaban J connectivity index is 1.72. The smallest absolute Gasteiger partial charge is 0.338 e. The average molecular weight is 289 g/mol. The van der Waals surface area contributed by atoms with Crippen molar-refractivity contribution < 1.29 is 14.5 Å². The fraction of sp³-hybridized carbons (Fsp3) is 0.562. The van der Waals surface area contributed by atoms with Crippen LogP contribution in [0.15, 0.2) is 24.3 Å². The molecule has 5 heteroatoms. The summed E-state index contributed by atoms with van der Waals surface area (Å²) < 4.78 is 5.64. The van der Waals surface area contributed by atoms with E-state index >= 15 is 0 Å². The Bertz CT molecular complexity index is 594. The third kappa shape index (κ3) is 2.30. The van der Waals surface area contributed by atoms with Gasteiger partial charge in [-0.3, -0.25) is 10.1 Å². The number of non-ortho nitro benzene ring substituents is 1. The van der Waals surface area contributed by atoms with Crippen molar-refractivity contribution in [3.63, 3.8) is 0 Å². The van der Waals surface area contributed by atoms with Gasteiger partial charge in [0.15, 0.2) is 0 Å². The number of nitro groups is 1. The number of hydrogen-bond acceptors (Lipinski definition) is 4. The second-order valence-corrected chi connectivity index (χ2v) is 6.69. The minimum Gasteiger partial charge on any atom is -0.458 e. The third-order valence-electron chi connectivity index (χ3n) is 5.35. The van der Waals surface area contributed by atoms with Crippen LogP contribution in [-0.2, 0) is 4.74 Å². The Morgan fingerprint density at radius 2 is 2.14 bits per heavy atom. The van der Waals surface area contributed by atoms with E-state index in [2.05, 4.69) is 13.8 Å². The molecule has 21 heavy (non-hydrogen) atoms. The van der Waals surface area contributed by atoms with Gasteiger partial charge in [-0.25, -0.2) is 4.79 Å². The Kier molecular flexibility index (Phi) is 3.23. The average Bonchev–Trinajstić information content (AvgIpc) is 2.47. The van der Waals surface area contributed by atoms with E-state index in [0.29, 0.717) is 5.92 Å². The van der Waals surface area contributed by atoms with E-state index in [9.17, 15) is 14.9 Å². The van der Waals surface area contributed by atoms with Crippen molar-refractivity contribution in [2.75, 3.05) is 0 Å². The number of ether oxygens (including phenoxy) is 1. The molecule has 4 rings (SSSR count). The molecule has 0 aromatic heterocycles. The molecule has 3 fully saturated rings. The number of carbonyl (C=O) groups excluding carboxylic acids is 1. The van der Waals surface area contributed by atoms with Crippen LogP contribution in [-0.4, -0.2) is 17.0 Å². The first-order chi connectivity index (χ1) is 9.89. The van der Waals surface area contributed by atoms with Gasteiger partial charge in [-0.05, 0) is 36.7 Å². The minimum absolute atomic E-state index is 0.0586. The Labute approximate surface area is 123 Å². The summed E-state index contributed by atoms with van der Waals surface area (Å²) in [5.41, 5.74) is 0.409. The van der Waals surface area contributed by atoms with Crippen LogP contribution in [0.3, 0.4) is 0 Å². The molecule has 0 aliphatic heterocycles. The van der Waals surface area contributed by atoms with Crippen LogP contribution < -0.4 is 0 Å². The van der Waals surface area contributed by atoms with Gasteiger partial charge in [0.2, 0.25) is 0 Å². The summed E-state index contributed by atoms with van der Waals surface area (Å²) in [6.07, 6.45) is 3.06. The summed E-state index contributed by atoms with van der Waals surface area (Å²) in [6, 6.07) is 5.72. The summed E-state index contributed by atoms with van der Waals surface area (Å²) in [6.45, 7) is 4.47. The number of hydrogen-bond donors (Lipinski definition) is 0. The molecule has 0 unspecified atom stereocenters. The van der Waals surface area contributed by atoms with Gasteiger partial charge in [-0.15, -0.1) is 0 Å². The predicted octanol–water partition coefficient (Wildman–Crippen LogP) is 3.58. The van der Waals surface area contributed by atoms with Gasteiger partial charge in [-0.2, -0.15) is 0 Å². The van der Waals surface area contributed by atoms with Crippen molar-refractivity contribution in [3.05, 3.63) is 39.9 Å². The second-order valence-electron chi connectivity index (χ2n) is 6.69. The van der Waals surface area contributed by atoms with E-state index in [1.54, 1.807) is 6.07 Å². The summed E-state index contributed by atoms with van der Waals surface area (Å²) in [5, 5.41) is 10.8. The fourth-order valence-electron chi connectivity index (χ4n) is 3.84. The van der Waals surface area contributed by atoms with E-state index < -0.39 is 10.9 Å². The lowest BCUT2D eigenvalue weighted by Gasteiger charge is -2.59. The number of nitrogens with zero attached hydrogens (tertiary/aromatic N) is 1. The highest BCUT2D eigenvalue weighted by Crippen LogP contribution is 2.59. The van der Waals surface area contributed by atoms with Crippen molar-refractivity contribution in [2.24, 2.45) is 17.3 Å². The molecule has 0 spiro atoms. The van der Waals surface area contributed by atoms with Gasteiger partial charge in [0, 0.05) is 18.1 Å². The molecular formula is C16H19NO4. The van der Waals surface area contributed by atoms with Crippen LogP contribution in [0, 0.1) is 27.4 Å². The van der Waals surface area contributed by atoms with Gasteiger partial charge in [0.1, 0.15) is 6.10 Å². The highest BCUT2D eigenvalue weighted by atomic mass is 16.6. The van der Waals surface area contributed by atoms with Gasteiger partial charge in [0.05, 0.1) is 10.5 Å². The molecule has 3 saturated carbocycles. The molecule has 1 aromatic carbocycles. The summed E-state index contributed by atoms with van der Waals surface area (Å²) in [4.78, 5) is 22.5. The maximum atomic E-state index is 12.2. The van der Waals surface area contributed by atoms with Crippen molar-refractivity contribution in [1.29, 1.82) is 0 Å². The highest BCUT2D eigenvalue weighted by Gasteiger charge is 2.55. The van der Waals surface area contributed by atoms with Crippen molar-refractivity contribution >= 4 is 11.7 Å². The largest absolute Gasteiger partial charge is 0.458 e. The number of fused-ring (bicyclic) bond motifs is 2. The van der Waals surface area contributed by atoms with Crippen LogP contribution in [0.25, 0.3) is 0 Å². The Hall–Kier alpha value is -1.91. The van der Waals surface area contributed by atoms with E-state index in [4.69, 9.17) is 4.74 Å². The van der Waals surface area contributed by atoms with Crippen molar-refractivity contribution in [3.8, 4) is 0 Å². The van der Waals surface area contributed by atoms with Crippen LogP contribution in [0.1, 0.15) is 43.5 Å². The van der Waals surface area contributed by atoms with Gasteiger partial charge in [-0.1, -0.05) is 19.9 Å². The number of carbonyl (C=O) groups is 1. The molecule has 112 valence electrons. The summed E-state index contributed by atoms with van der Waals surface area (Å²) in [7, 11) is 0. The van der Waals surface area contributed by atoms with E-state index in [-0.39, 0.29) is 22.8 Å². The number of nitro benzene ring substituents is 1. The predicted molar refractivity (Wildman–Crippen MR) is 76.9 cm³/mol. The van der Waals surface area contributed by atoms with Gasteiger partial charge < -0.3 is 4.74 Å². The number of benzene rings is 1. The topological polar surface area (TPSA) is 69.4 Å². The molecule has 3 aliphatic carbocycles. The first-order valence-electron chi connectivity index (χ1n) is 7.35. The minimum atomic E-state index is -0.503. The molecule has 0 saturated heterocycles. The maximum Gasteiger partial charge on any atom is 0.338 e. The van der Waals surface area contributed by atoms with Crippen LogP contribution in [0.2, 0.25) is 0 Å². The summed E-state index contributed by atoms with van der Waals surface area (Å²) >= 11 is 0. The molecule has 3 atom stereocenters. The molecule has 3 aliphatic rings. The molecule has 0 amide bonds. The van der Waals surface area contributed by atoms with Crippen molar-refractivity contribution in [1.82, 2.24) is 0 Å². The molecule has 2 bridgehead atoms. The van der Waals surface area contributed by atoms with Crippen LogP contribution in [0.4, 0.5) is 5.69 Å². The van der Waals surface area contributed by atoms with Crippen LogP contribution >= 0.6 is 0 Å². The third-order valence-corrected chi connectivity index (χ3v) is 5.35. The number of rotatable bonds is 3. The number of esters is 1. The first-order valence-corrected chi connectivity index (χ1v) is 7.35. The Morgan fingerprint density at radius 3 is 2.76 bits per heavy atom. The molecular weight excluding hydrogens is 270 g/mol. The zero-order valence-electron chi connectivity index (χ0n) is 12.2. The van der Waals surface area contributed by atoms with Crippen LogP contribution in [0.5, 0.6) is 0 Å². The standard InChI is InChI=1S/C16H19NO4/c1-16(2)11-6-7-14(13(16)9-11)21-15(18)10-4-3-5-12(8-10)17(19)20/h3-5,8,11,13-14H,6-7,9H2,1-2H3/t11-,13-,14-/m0/s1. The van der Waals surface area contributed by atoms with Gasteiger partial charge in [0.25, 0.3) is 5.69 Å². The normalized spacial score (nSPS) is 29.3. The fourth-order valence-corrected chi connectivity index (χ4v) is 3.84. The van der Waals surface area contributed by atoms with E-state index in [1.807, 2.05) is 0 Å². The van der Waals surface area contributed by atoms with E-state index in [0.717, 1.165) is 25.2 Å². The monoisotopic (exact) mass is 289 g/mol. The lowest BCUT2D eigenvalue weighted by molar-refractivity contribution is -0.384. The molecule has 1 aromatic rings. The molecule has 0 radical (unpaired) electrons. The lowest BCUT2D eigenvalue weighted by atomic mass is 9.48. The maximum absolute atomic E-state index is 12.2. The zero-order chi connectivity index (χ0) is 15.2. The first kappa shape index (κ1) is 14.0. The molecule has 0 heterocycles.